The van der Waals surface area contributed by atoms with Crippen LogP contribution in [-0.2, 0) is 10.2 Å². The average molecular weight is 239 g/mol. The van der Waals surface area contributed by atoms with Gasteiger partial charge in [0.15, 0.2) is 5.82 Å². The molecule has 1 fully saturated rings. The fraction of sp³-hybridized carbons (Fsp3) is 0.833. The van der Waals surface area contributed by atoms with Crippen molar-refractivity contribution in [2.75, 3.05) is 13.2 Å². The van der Waals surface area contributed by atoms with Crippen molar-refractivity contribution in [1.82, 2.24) is 10.1 Å². The Morgan fingerprint density at radius 2 is 1.94 bits per heavy atom. The quantitative estimate of drug-likeness (QED) is 0.851. The summed E-state index contributed by atoms with van der Waals surface area (Å²) in [4.78, 5) is 4.41. The van der Waals surface area contributed by atoms with E-state index < -0.39 is 0 Å². The summed E-state index contributed by atoms with van der Waals surface area (Å²) >= 11 is 0. The molecule has 0 saturated carbocycles. The molecule has 2 heterocycles. The number of ether oxygens (including phenoxy) is 1. The lowest BCUT2D eigenvalue weighted by Crippen LogP contribution is -2.27. The van der Waals surface area contributed by atoms with Crippen molar-refractivity contribution in [3.63, 3.8) is 0 Å². The van der Waals surface area contributed by atoms with Crippen LogP contribution in [0.5, 0.6) is 0 Å². The number of hydrogen-bond donors (Lipinski definition) is 1. The molecule has 0 spiro atoms. The number of nitrogens with zero attached hydrogens (tertiary/aromatic N) is 2. The topological polar surface area (TPSA) is 74.2 Å². The van der Waals surface area contributed by atoms with Crippen molar-refractivity contribution in [1.29, 1.82) is 0 Å². The molecule has 5 nitrogen and oxygen atoms in total. The Morgan fingerprint density at radius 3 is 2.47 bits per heavy atom. The Bertz CT molecular complexity index is 364. The molecule has 1 aromatic rings. The van der Waals surface area contributed by atoms with Crippen LogP contribution in [0.1, 0.15) is 51.4 Å². The monoisotopic (exact) mass is 239 g/mol. The zero-order valence-corrected chi connectivity index (χ0v) is 10.8. The van der Waals surface area contributed by atoms with Crippen LogP contribution >= 0.6 is 0 Å². The third-order valence-corrected chi connectivity index (χ3v) is 3.17. The average Bonchev–Trinajstić information content (AvgIpc) is 2.78. The van der Waals surface area contributed by atoms with E-state index in [9.17, 15) is 0 Å². The third-order valence-electron chi connectivity index (χ3n) is 3.17. The Balaban J connectivity index is 2.08. The van der Waals surface area contributed by atoms with E-state index >= 15 is 0 Å². The molecule has 0 amide bonds. The maximum absolute atomic E-state index is 6.17. The molecule has 2 rings (SSSR count). The predicted octanol–water partition coefficient (Wildman–Crippen LogP) is 1.79. The minimum Gasteiger partial charge on any atom is -0.381 e. The second-order valence-electron chi connectivity index (χ2n) is 5.68. The highest BCUT2D eigenvalue weighted by Gasteiger charge is 2.28. The summed E-state index contributed by atoms with van der Waals surface area (Å²) in [5, 5.41) is 4.01. The lowest BCUT2D eigenvalue weighted by atomic mass is 9.92. The highest BCUT2D eigenvalue weighted by Crippen LogP contribution is 2.28. The summed E-state index contributed by atoms with van der Waals surface area (Å²) in [6, 6.07) is -0.164. The molecule has 5 heteroatoms. The van der Waals surface area contributed by atoms with Gasteiger partial charge in [-0.05, 0) is 18.8 Å². The lowest BCUT2D eigenvalue weighted by Gasteiger charge is -2.25. The number of rotatable bonds is 2. The third kappa shape index (κ3) is 2.84. The molecule has 0 aromatic carbocycles. The zero-order chi connectivity index (χ0) is 12.5. The number of nitrogens with two attached hydrogens (primary N) is 1. The van der Waals surface area contributed by atoms with Crippen LogP contribution in [-0.4, -0.2) is 23.4 Å². The first kappa shape index (κ1) is 12.5. The van der Waals surface area contributed by atoms with E-state index in [0.717, 1.165) is 31.9 Å². The largest absolute Gasteiger partial charge is 0.381 e. The van der Waals surface area contributed by atoms with Crippen LogP contribution in [0.4, 0.5) is 0 Å². The van der Waals surface area contributed by atoms with Crippen molar-refractivity contribution in [2.45, 2.75) is 45.1 Å². The summed E-state index contributed by atoms with van der Waals surface area (Å²) in [5.74, 6) is 1.66. The molecule has 1 atom stereocenters. The van der Waals surface area contributed by atoms with Gasteiger partial charge in [0.1, 0.15) is 0 Å². The molecule has 2 N–H and O–H groups in total. The normalized spacial score (nSPS) is 20.5. The highest BCUT2D eigenvalue weighted by atomic mass is 16.5. The molecule has 1 unspecified atom stereocenters. The maximum atomic E-state index is 6.17. The smallest absolute Gasteiger partial charge is 0.243 e. The molecule has 1 aliphatic heterocycles. The summed E-state index contributed by atoms with van der Waals surface area (Å²) in [6.07, 6.45) is 1.93. The van der Waals surface area contributed by atoms with Crippen molar-refractivity contribution < 1.29 is 9.26 Å². The van der Waals surface area contributed by atoms with Crippen LogP contribution in [0.25, 0.3) is 0 Å². The van der Waals surface area contributed by atoms with Crippen molar-refractivity contribution >= 4 is 0 Å². The van der Waals surface area contributed by atoms with E-state index in [0.29, 0.717) is 11.8 Å². The molecule has 17 heavy (non-hydrogen) atoms. The van der Waals surface area contributed by atoms with Crippen LogP contribution in [0, 0.1) is 5.92 Å². The van der Waals surface area contributed by atoms with Gasteiger partial charge in [-0.2, -0.15) is 4.98 Å². The summed E-state index contributed by atoms with van der Waals surface area (Å²) < 4.78 is 10.6. The van der Waals surface area contributed by atoms with Gasteiger partial charge in [0.2, 0.25) is 5.89 Å². The standard InChI is InChI=1S/C12H21N3O2/c1-12(2,3)11-14-10(17-15-11)9(13)8-4-6-16-7-5-8/h8-9H,4-7,13H2,1-3H3. The minimum atomic E-state index is -0.164. The van der Waals surface area contributed by atoms with E-state index in [4.69, 9.17) is 15.0 Å². The molecular formula is C12H21N3O2. The molecule has 0 radical (unpaired) electrons. The zero-order valence-electron chi connectivity index (χ0n) is 10.8. The Kier molecular flexibility index (Phi) is 3.49. The van der Waals surface area contributed by atoms with Crippen LogP contribution in [0.3, 0.4) is 0 Å². The van der Waals surface area contributed by atoms with E-state index in [2.05, 4.69) is 30.9 Å². The Hall–Kier alpha value is -0.940. The Morgan fingerprint density at radius 1 is 1.29 bits per heavy atom. The highest BCUT2D eigenvalue weighted by molar-refractivity contribution is 5.02. The Labute approximate surface area is 102 Å². The van der Waals surface area contributed by atoms with Gasteiger partial charge >= 0.3 is 0 Å². The summed E-state index contributed by atoms with van der Waals surface area (Å²) in [6.45, 7) is 7.72. The first-order chi connectivity index (χ1) is 7.98. The van der Waals surface area contributed by atoms with Crippen molar-refractivity contribution in [3.05, 3.63) is 11.7 Å². The van der Waals surface area contributed by atoms with Crippen LogP contribution < -0.4 is 5.73 Å². The number of hydrogen-bond acceptors (Lipinski definition) is 5. The predicted molar refractivity (Wildman–Crippen MR) is 63.5 cm³/mol. The fourth-order valence-electron chi connectivity index (χ4n) is 1.95. The molecule has 1 aliphatic rings. The molecule has 0 bridgehead atoms. The van der Waals surface area contributed by atoms with Gasteiger partial charge in [0, 0.05) is 18.6 Å². The summed E-state index contributed by atoms with van der Waals surface area (Å²) in [7, 11) is 0. The minimum absolute atomic E-state index is 0.100. The first-order valence-electron chi connectivity index (χ1n) is 6.16. The van der Waals surface area contributed by atoms with E-state index in [-0.39, 0.29) is 11.5 Å². The second kappa shape index (κ2) is 4.74. The van der Waals surface area contributed by atoms with Gasteiger partial charge in [0.05, 0.1) is 6.04 Å². The van der Waals surface area contributed by atoms with Gasteiger partial charge in [-0.1, -0.05) is 25.9 Å². The van der Waals surface area contributed by atoms with Gasteiger partial charge in [-0.25, -0.2) is 0 Å². The van der Waals surface area contributed by atoms with Gasteiger partial charge in [0.25, 0.3) is 0 Å². The van der Waals surface area contributed by atoms with Gasteiger partial charge in [-0.3, -0.25) is 0 Å². The van der Waals surface area contributed by atoms with E-state index in [1.165, 1.54) is 0 Å². The second-order valence-corrected chi connectivity index (χ2v) is 5.68. The van der Waals surface area contributed by atoms with Gasteiger partial charge < -0.3 is 15.0 Å². The van der Waals surface area contributed by atoms with Gasteiger partial charge in [-0.15, -0.1) is 0 Å². The number of aromatic nitrogens is 2. The fourth-order valence-corrected chi connectivity index (χ4v) is 1.95. The molecule has 0 aliphatic carbocycles. The lowest BCUT2D eigenvalue weighted by molar-refractivity contribution is 0.0546. The first-order valence-corrected chi connectivity index (χ1v) is 6.16. The van der Waals surface area contributed by atoms with Crippen LogP contribution in [0.15, 0.2) is 4.52 Å². The van der Waals surface area contributed by atoms with Crippen molar-refractivity contribution in [3.8, 4) is 0 Å². The molecule has 96 valence electrons. The molecular weight excluding hydrogens is 218 g/mol. The van der Waals surface area contributed by atoms with E-state index in [1.807, 2.05) is 0 Å². The van der Waals surface area contributed by atoms with Crippen molar-refractivity contribution in [2.24, 2.45) is 11.7 Å². The summed E-state index contributed by atoms with van der Waals surface area (Å²) in [5.41, 5.74) is 6.07. The molecule has 1 saturated heterocycles. The maximum Gasteiger partial charge on any atom is 0.243 e. The van der Waals surface area contributed by atoms with Crippen LogP contribution in [0.2, 0.25) is 0 Å². The SMILES string of the molecule is CC(C)(C)c1noc(C(N)C2CCOCC2)n1. The van der Waals surface area contributed by atoms with E-state index in [1.54, 1.807) is 0 Å². The molecule has 1 aromatic heterocycles.